The highest BCUT2D eigenvalue weighted by molar-refractivity contribution is 6.31. The first kappa shape index (κ1) is 27.3. The predicted molar refractivity (Wildman–Crippen MR) is 158 cm³/mol. The lowest BCUT2D eigenvalue weighted by Gasteiger charge is -2.24. The van der Waals surface area contributed by atoms with Gasteiger partial charge in [0, 0.05) is 22.2 Å². The number of carbonyl (C=O) groups excluding carboxylic acids is 1. The number of aryl methyl sites for hydroxylation is 1. The molecule has 8 heteroatoms. The molecule has 1 aromatic heterocycles. The van der Waals surface area contributed by atoms with Crippen molar-refractivity contribution in [3.8, 4) is 23.1 Å². The number of nitrogens with zero attached hydrogens (tertiary/aromatic N) is 3. The third kappa shape index (κ3) is 6.30. The molecule has 1 heterocycles. The van der Waals surface area contributed by atoms with Crippen molar-refractivity contribution in [3.05, 3.63) is 136 Å². The Kier molecular flexibility index (Phi) is 8.39. The third-order valence-electron chi connectivity index (χ3n) is 6.41. The van der Waals surface area contributed by atoms with Crippen LogP contribution in [0.1, 0.15) is 27.2 Å². The van der Waals surface area contributed by atoms with Gasteiger partial charge in [-0.2, -0.15) is 5.10 Å². The van der Waals surface area contributed by atoms with Crippen molar-refractivity contribution in [2.45, 2.75) is 20.0 Å². The minimum absolute atomic E-state index is 0.133. The molecule has 0 fully saturated rings. The molecule has 0 bridgehead atoms. The van der Waals surface area contributed by atoms with E-state index in [0.717, 1.165) is 28.3 Å². The van der Waals surface area contributed by atoms with Crippen LogP contribution in [0.15, 0.2) is 103 Å². The summed E-state index contributed by atoms with van der Waals surface area (Å²) < 4.78 is 13.5. The fourth-order valence-corrected chi connectivity index (χ4v) is 4.64. The molecule has 202 valence electrons. The van der Waals surface area contributed by atoms with Gasteiger partial charge in [0.25, 0.3) is 5.91 Å². The molecule has 0 radical (unpaired) electrons. The highest BCUT2D eigenvalue weighted by atomic mass is 35.5. The van der Waals surface area contributed by atoms with E-state index in [1.54, 1.807) is 47.0 Å². The van der Waals surface area contributed by atoms with Gasteiger partial charge in [-0.3, -0.25) is 4.79 Å². The number of amides is 1. The Morgan fingerprint density at radius 1 is 0.825 bits per heavy atom. The van der Waals surface area contributed by atoms with E-state index in [4.69, 9.17) is 37.8 Å². The van der Waals surface area contributed by atoms with E-state index in [0.29, 0.717) is 33.8 Å². The normalized spacial score (nSPS) is 10.8. The van der Waals surface area contributed by atoms with E-state index in [2.05, 4.69) is 0 Å². The molecule has 0 unspecified atom stereocenters. The topological polar surface area (TPSA) is 56.6 Å². The maximum atomic E-state index is 13.8. The molecule has 4 aromatic carbocycles. The average Bonchev–Trinajstić information content (AvgIpc) is 3.28. The first-order chi connectivity index (χ1) is 19.4. The van der Waals surface area contributed by atoms with Gasteiger partial charge in [0.2, 0.25) is 5.88 Å². The van der Waals surface area contributed by atoms with Gasteiger partial charge >= 0.3 is 0 Å². The van der Waals surface area contributed by atoms with Crippen LogP contribution in [0.2, 0.25) is 10.0 Å². The molecular formula is C32H27Cl2N3O3. The zero-order valence-electron chi connectivity index (χ0n) is 22.1. The van der Waals surface area contributed by atoms with Crippen LogP contribution < -0.4 is 9.47 Å². The number of hydrogen-bond acceptors (Lipinski definition) is 4. The number of carbonyl (C=O) groups is 1. The van der Waals surface area contributed by atoms with Crippen LogP contribution in [-0.4, -0.2) is 27.7 Å². The maximum absolute atomic E-state index is 13.8. The maximum Gasteiger partial charge on any atom is 0.254 e. The largest absolute Gasteiger partial charge is 0.497 e. The number of rotatable bonds is 9. The third-order valence-corrected chi connectivity index (χ3v) is 6.89. The number of aromatic nitrogens is 2. The molecule has 0 saturated carbocycles. The molecule has 0 atom stereocenters. The number of benzene rings is 4. The summed E-state index contributed by atoms with van der Waals surface area (Å²) in [6, 6.07) is 31.5. The van der Waals surface area contributed by atoms with Gasteiger partial charge in [-0.1, -0.05) is 59.6 Å². The van der Waals surface area contributed by atoms with Gasteiger partial charge in [0.1, 0.15) is 11.5 Å². The van der Waals surface area contributed by atoms with E-state index >= 15 is 0 Å². The Morgan fingerprint density at radius 3 is 2.20 bits per heavy atom. The summed E-state index contributed by atoms with van der Waals surface area (Å²) in [7, 11) is 1.62. The van der Waals surface area contributed by atoms with Crippen LogP contribution in [0.4, 0.5) is 0 Å². The molecule has 0 N–H and O–H groups in total. The van der Waals surface area contributed by atoms with Crippen LogP contribution in [0, 0.1) is 6.92 Å². The van der Waals surface area contributed by atoms with Crippen molar-refractivity contribution in [3.63, 3.8) is 0 Å². The Bertz CT molecular complexity index is 1600. The van der Waals surface area contributed by atoms with E-state index in [-0.39, 0.29) is 12.5 Å². The molecular weight excluding hydrogens is 545 g/mol. The van der Waals surface area contributed by atoms with Crippen molar-refractivity contribution >= 4 is 29.1 Å². The standard InChI is InChI=1S/C32H27Cl2N3O3/c1-22-30(21-36(20-23-7-4-3-5-8-23)31(38)24-11-13-25(33)14-12-24)32(40-29-17-15-28(39-2)16-18-29)37(35-22)27-10-6-9-26(34)19-27/h3-19H,20-21H2,1-2H3. The zero-order valence-corrected chi connectivity index (χ0v) is 23.6. The van der Waals surface area contributed by atoms with E-state index in [9.17, 15) is 4.79 Å². The van der Waals surface area contributed by atoms with Crippen LogP contribution in [-0.2, 0) is 13.1 Å². The summed E-state index contributed by atoms with van der Waals surface area (Å²) in [6.45, 7) is 2.56. The van der Waals surface area contributed by atoms with Crippen molar-refractivity contribution in [1.82, 2.24) is 14.7 Å². The van der Waals surface area contributed by atoms with Crippen LogP contribution in [0.25, 0.3) is 5.69 Å². The smallest absolute Gasteiger partial charge is 0.254 e. The Morgan fingerprint density at radius 2 is 1.52 bits per heavy atom. The summed E-state index contributed by atoms with van der Waals surface area (Å²) in [5.41, 5.74) is 3.78. The van der Waals surface area contributed by atoms with E-state index in [1.807, 2.05) is 79.7 Å². The Balaban J connectivity index is 1.58. The van der Waals surface area contributed by atoms with Crippen molar-refractivity contribution < 1.29 is 14.3 Å². The molecule has 0 aliphatic carbocycles. The number of hydrogen-bond donors (Lipinski definition) is 0. The molecule has 1 amide bonds. The van der Waals surface area contributed by atoms with Crippen LogP contribution in [0.3, 0.4) is 0 Å². The lowest BCUT2D eigenvalue weighted by molar-refractivity contribution is 0.0729. The second-order valence-electron chi connectivity index (χ2n) is 9.19. The van der Waals surface area contributed by atoms with Crippen LogP contribution in [0.5, 0.6) is 17.4 Å². The minimum atomic E-state index is -0.133. The molecule has 5 rings (SSSR count). The number of ether oxygens (including phenoxy) is 2. The van der Waals surface area contributed by atoms with Gasteiger partial charge in [-0.05, 0) is 79.2 Å². The number of methoxy groups -OCH3 is 1. The van der Waals surface area contributed by atoms with Crippen molar-refractivity contribution in [2.75, 3.05) is 7.11 Å². The van der Waals surface area contributed by atoms with E-state index < -0.39 is 0 Å². The summed E-state index contributed by atoms with van der Waals surface area (Å²) in [4.78, 5) is 15.6. The SMILES string of the molecule is COc1ccc(Oc2c(CN(Cc3ccccc3)C(=O)c3ccc(Cl)cc3)c(C)nn2-c2cccc(Cl)c2)cc1. The first-order valence-electron chi connectivity index (χ1n) is 12.7. The summed E-state index contributed by atoms with van der Waals surface area (Å²) in [5.74, 6) is 1.68. The molecule has 0 saturated heterocycles. The highest BCUT2D eigenvalue weighted by Gasteiger charge is 2.25. The van der Waals surface area contributed by atoms with Gasteiger partial charge in [-0.25, -0.2) is 4.68 Å². The quantitative estimate of drug-likeness (QED) is 0.179. The minimum Gasteiger partial charge on any atom is -0.497 e. The lowest BCUT2D eigenvalue weighted by Crippen LogP contribution is -2.30. The summed E-state index contributed by atoms with van der Waals surface area (Å²) in [6.07, 6.45) is 0. The molecule has 0 aliphatic heterocycles. The fourth-order valence-electron chi connectivity index (χ4n) is 4.33. The second-order valence-corrected chi connectivity index (χ2v) is 10.1. The average molecular weight is 572 g/mol. The molecule has 0 aliphatic rings. The van der Waals surface area contributed by atoms with Gasteiger partial charge in [0.05, 0.1) is 30.6 Å². The molecule has 40 heavy (non-hydrogen) atoms. The zero-order chi connectivity index (χ0) is 28.1. The predicted octanol–water partition coefficient (Wildman–Crippen LogP) is 8.13. The highest BCUT2D eigenvalue weighted by Crippen LogP contribution is 2.33. The van der Waals surface area contributed by atoms with Crippen molar-refractivity contribution in [2.24, 2.45) is 0 Å². The molecule has 6 nitrogen and oxygen atoms in total. The summed E-state index contributed by atoms with van der Waals surface area (Å²) >= 11 is 12.4. The Labute approximate surface area is 243 Å². The lowest BCUT2D eigenvalue weighted by atomic mass is 10.1. The van der Waals surface area contributed by atoms with Crippen LogP contribution >= 0.6 is 23.2 Å². The summed E-state index contributed by atoms with van der Waals surface area (Å²) in [5, 5.41) is 5.95. The fraction of sp³-hybridized carbons (Fsp3) is 0.125. The second kappa shape index (κ2) is 12.3. The van der Waals surface area contributed by atoms with Crippen molar-refractivity contribution in [1.29, 1.82) is 0 Å². The first-order valence-corrected chi connectivity index (χ1v) is 13.4. The monoisotopic (exact) mass is 571 g/mol. The number of halogens is 2. The Hall–Kier alpha value is -4.26. The molecule has 0 spiro atoms. The van der Waals surface area contributed by atoms with E-state index in [1.165, 1.54) is 0 Å². The van der Waals surface area contributed by atoms with Gasteiger partial charge in [-0.15, -0.1) is 0 Å². The molecule has 5 aromatic rings. The van der Waals surface area contributed by atoms with Gasteiger partial charge in [0.15, 0.2) is 0 Å². The van der Waals surface area contributed by atoms with Gasteiger partial charge < -0.3 is 14.4 Å².